The van der Waals surface area contributed by atoms with Crippen LogP contribution in [-0.2, 0) is 4.79 Å². The van der Waals surface area contributed by atoms with Crippen molar-refractivity contribution in [2.75, 3.05) is 24.5 Å². The summed E-state index contributed by atoms with van der Waals surface area (Å²) in [5, 5.41) is 11.0. The van der Waals surface area contributed by atoms with E-state index >= 15 is 0 Å². The van der Waals surface area contributed by atoms with Gasteiger partial charge in [0.2, 0.25) is 5.91 Å². The zero-order valence-electron chi connectivity index (χ0n) is 16.4. The molecule has 5 heteroatoms. The standard InChI is InChI=1S/C23H29N3O2/c27-19-9-7-18(8-10-19)26-15-12-23(22(26)28)11-3-14-25(16-23)20-6-1-4-17-5-2-13-24-21(17)20/h1-2,4-6,13,18-19,27H,3,7-12,14-16H2/t18-,19-,23-/m0/s1. The van der Waals surface area contributed by atoms with Gasteiger partial charge in [-0.1, -0.05) is 18.2 Å². The number of anilines is 1. The van der Waals surface area contributed by atoms with Gasteiger partial charge < -0.3 is 14.9 Å². The number of carbonyl (C=O) groups is 1. The summed E-state index contributed by atoms with van der Waals surface area (Å²) >= 11 is 0. The van der Waals surface area contributed by atoms with Gasteiger partial charge in [-0.25, -0.2) is 0 Å². The van der Waals surface area contributed by atoms with E-state index in [1.165, 1.54) is 0 Å². The molecule has 1 N–H and O–H groups in total. The van der Waals surface area contributed by atoms with Crippen molar-refractivity contribution in [3.63, 3.8) is 0 Å². The fraction of sp³-hybridized carbons (Fsp3) is 0.565. The van der Waals surface area contributed by atoms with Crippen molar-refractivity contribution in [1.82, 2.24) is 9.88 Å². The predicted molar refractivity (Wildman–Crippen MR) is 110 cm³/mol. The van der Waals surface area contributed by atoms with E-state index in [2.05, 4.69) is 39.0 Å². The molecule has 148 valence electrons. The molecule has 1 amide bonds. The molecule has 1 atom stereocenters. The van der Waals surface area contributed by atoms with Crippen LogP contribution in [0.2, 0.25) is 0 Å². The molecule has 2 saturated heterocycles. The van der Waals surface area contributed by atoms with Gasteiger partial charge in [-0.05, 0) is 57.1 Å². The number of rotatable bonds is 2. The van der Waals surface area contributed by atoms with Gasteiger partial charge >= 0.3 is 0 Å². The first kappa shape index (κ1) is 17.9. The Morgan fingerprint density at radius 1 is 1.04 bits per heavy atom. The summed E-state index contributed by atoms with van der Waals surface area (Å²) in [6.07, 6.45) is 8.22. The van der Waals surface area contributed by atoms with E-state index in [4.69, 9.17) is 0 Å². The van der Waals surface area contributed by atoms with E-state index in [-0.39, 0.29) is 11.5 Å². The molecule has 1 spiro atoms. The lowest BCUT2D eigenvalue weighted by molar-refractivity contribution is -0.139. The van der Waals surface area contributed by atoms with Crippen LogP contribution in [0.5, 0.6) is 0 Å². The van der Waals surface area contributed by atoms with E-state index in [1.54, 1.807) is 0 Å². The van der Waals surface area contributed by atoms with Crippen molar-refractivity contribution in [2.24, 2.45) is 5.41 Å². The van der Waals surface area contributed by atoms with Gasteiger partial charge in [0.1, 0.15) is 0 Å². The highest BCUT2D eigenvalue weighted by Gasteiger charge is 2.50. The minimum atomic E-state index is -0.245. The van der Waals surface area contributed by atoms with Crippen LogP contribution in [0.15, 0.2) is 36.5 Å². The fourth-order valence-electron chi connectivity index (χ4n) is 5.63. The van der Waals surface area contributed by atoms with Gasteiger partial charge in [-0.3, -0.25) is 9.78 Å². The number of aromatic nitrogens is 1. The molecule has 1 aromatic carbocycles. The third kappa shape index (κ3) is 2.96. The number of carbonyl (C=O) groups excluding carboxylic acids is 1. The van der Waals surface area contributed by atoms with Crippen LogP contribution < -0.4 is 4.90 Å². The Morgan fingerprint density at radius 3 is 2.71 bits per heavy atom. The summed E-state index contributed by atoms with van der Waals surface area (Å²) in [4.78, 5) is 22.7. The van der Waals surface area contributed by atoms with Crippen LogP contribution in [0.3, 0.4) is 0 Å². The molecule has 3 fully saturated rings. The first-order valence-corrected chi connectivity index (χ1v) is 10.7. The highest BCUT2D eigenvalue weighted by Crippen LogP contribution is 2.44. The highest BCUT2D eigenvalue weighted by molar-refractivity contribution is 5.92. The Bertz CT molecular complexity index is 872. The van der Waals surface area contributed by atoms with Crippen molar-refractivity contribution in [3.05, 3.63) is 36.5 Å². The van der Waals surface area contributed by atoms with Crippen molar-refractivity contribution in [2.45, 2.75) is 57.1 Å². The molecule has 3 aliphatic rings. The van der Waals surface area contributed by atoms with Crippen molar-refractivity contribution in [3.8, 4) is 0 Å². The number of nitrogens with zero attached hydrogens (tertiary/aromatic N) is 3. The summed E-state index contributed by atoms with van der Waals surface area (Å²) in [5.41, 5.74) is 1.94. The third-order valence-corrected chi connectivity index (χ3v) is 7.18. The SMILES string of the molecule is O=C1N([C@H]2CC[C@H](O)CC2)CC[C@]12CCCN(c1cccc3cccnc13)C2. The number of para-hydroxylation sites is 1. The van der Waals surface area contributed by atoms with Gasteiger partial charge in [0, 0.05) is 37.3 Å². The smallest absolute Gasteiger partial charge is 0.230 e. The molecule has 1 saturated carbocycles. The molecule has 3 heterocycles. The van der Waals surface area contributed by atoms with Crippen LogP contribution in [0.1, 0.15) is 44.9 Å². The molecule has 28 heavy (non-hydrogen) atoms. The zero-order valence-corrected chi connectivity index (χ0v) is 16.4. The molecule has 2 aliphatic heterocycles. The van der Waals surface area contributed by atoms with Gasteiger partial charge in [0.05, 0.1) is 22.7 Å². The molecule has 2 aromatic rings. The Hall–Kier alpha value is -2.14. The Labute approximate surface area is 166 Å². The van der Waals surface area contributed by atoms with Crippen molar-refractivity contribution in [1.29, 1.82) is 0 Å². The number of aliphatic hydroxyl groups is 1. The maximum absolute atomic E-state index is 13.5. The molecular formula is C23H29N3O2. The second-order valence-corrected chi connectivity index (χ2v) is 8.87. The maximum atomic E-state index is 13.5. The molecule has 0 radical (unpaired) electrons. The number of amides is 1. The molecule has 0 unspecified atom stereocenters. The molecule has 5 rings (SSSR count). The normalized spacial score (nSPS) is 31.1. The second kappa shape index (κ2) is 7.03. The lowest BCUT2D eigenvalue weighted by Gasteiger charge is -2.41. The summed E-state index contributed by atoms with van der Waals surface area (Å²) in [7, 11) is 0. The average Bonchev–Trinajstić information content (AvgIpc) is 3.04. The number of hydrogen-bond donors (Lipinski definition) is 1. The average molecular weight is 380 g/mol. The van der Waals surface area contributed by atoms with Crippen LogP contribution in [0.4, 0.5) is 5.69 Å². The van der Waals surface area contributed by atoms with E-state index in [1.807, 2.05) is 12.3 Å². The van der Waals surface area contributed by atoms with Gasteiger partial charge in [-0.2, -0.15) is 0 Å². The number of benzene rings is 1. The maximum Gasteiger partial charge on any atom is 0.230 e. The van der Waals surface area contributed by atoms with E-state index in [9.17, 15) is 9.90 Å². The number of hydrogen-bond acceptors (Lipinski definition) is 4. The Balaban J connectivity index is 1.39. The monoisotopic (exact) mass is 379 g/mol. The minimum Gasteiger partial charge on any atom is -0.393 e. The number of aliphatic hydroxyl groups excluding tert-OH is 1. The lowest BCUT2D eigenvalue weighted by Crippen LogP contribution is -2.50. The zero-order chi connectivity index (χ0) is 19.1. The molecule has 1 aromatic heterocycles. The van der Waals surface area contributed by atoms with Crippen LogP contribution in [0, 0.1) is 5.41 Å². The first-order chi connectivity index (χ1) is 13.7. The summed E-state index contributed by atoms with van der Waals surface area (Å²) in [6.45, 7) is 2.66. The quantitative estimate of drug-likeness (QED) is 0.869. The number of fused-ring (bicyclic) bond motifs is 1. The number of likely N-dealkylation sites (tertiary alicyclic amines) is 1. The van der Waals surface area contributed by atoms with Crippen LogP contribution >= 0.6 is 0 Å². The topological polar surface area (TPSA) is 56.7 Å². The van der Waals surface area contributed by atoms with Gasteiger partial charge in [-0.15, -0.1) is 0 Å². The van der Waals surface area contributed by atoms with E-state index in [0.717, 1.165) is 81.2 Å². The first-order valence-electron chi connectivity index (χ1n) is 10.7. The van der Waals surface area contributed by atoms with Gasteiger partial charge in [0.25, 0.3) is 0 Å². The second-order valence-electron chi connectivity index (χ2n) is 8.87. The van der Waals surface area contributed by atoms with E-state index in [0.29, 0.717) is 11.9 Å². The Morgan fingerprint density at radius 2 is 1.86 bits per heavy atom. The highest BCUT2D eigenvalue weighted by atomic mass is 16.3. The van der Waals surface area contributed by atoms with Crippen molar-refractivity contribution < 1.29 is 9.90 Å². The van der Waals surface area contributed by atoms with Crippen molar-refractivity contribution >= 4 is 22.5 Å². The lowest BCUT2D eigenvalue weighted by atomic mass is 9.78. The molecule has 0 bridgehead atoms. The van der Waals surface area contributed by atoms with E-state index < -0.39 is 0 Å². The summed E-state index contributed by atoms with van der Waals surface area (Å²) < 4.78 is 0. The molecule has 5 nitrogen and oxygen atoms in total. The van der Waals surface area contributed by atoms with Gasteiger partial charge in [0.15, 0.2) is 0 Å². The van der Waals surface area contributed by atoms with Crippen LogP contribution in [0.25, 0.3) is 10.9 Å². The predicted octanol–water partition coefficient (Wildman–Crippen LogP) is 3.36. The summed E-state index contributed by atoms with van der Waals surface area (Å²) in [6, 6.07) is 10.7. The Kier molecular flexibility index (Phi) is 4.50. The molecular weight excluding hydrogens is 350 g/mol. The minimum absolute atomic E-state index is 0.174. The number of pyridine rings is 1. The van der Waals surface area contributed by atoms with Crippen LogP contribution in [-0.4, -0.2) is 52.7 Å². The molecule has 1 aliphatic carbocycles. The fourth-order valence-corrected chi connectivity index (χ4v) is 5.63. The largest absolute Gasteiger partial charge is 0.393 e. The summed E-state index contributed by atoms with van der Waals surface area (Å²) in [5.74, 6) is 0.354. The number of piperidine rings is 1. The third-order valence-electron chi connectivity index (χ3n) is 7.18.